The van der Waals surface area contributed by atoms with Gasteiger partial charge in [0.05, 0.1) is 0 Å². The predicted octanol–water partition coefficient (Wildman–Crippen LogP) is 0.132. The number of primary amides is 1. The third-order valence-corrected chi connectivity index (χ3v) is 1.99. The minimum Gasteiger partial charge on any atom is -0.480 e. The van der Waals surface area contributed by atoms with Gasteiger partial charge < -0.3 is 21.9 Å². The molecule has 1 rings (SSSR count). The smallest absolute Gasteiger partial charge is 0.320 e. The summed E-state index contributed by atoms with van der Waals surface area (Å²) in [4.78, 5) is 21.1. The van der Waals surface area contributed by atoms with Gasteiger partial charge in [0.15, 0.2) is 0 Å². The highest BCUT2D eigenvalue weighted by molar-refractivity contribution is 5.87. The van der Waals surface area contributed by atoms with Crippen LogP contribution in [0.4, 0.5) is 10.5 Å². The summed E-state index contributed by atoms with van der Waals surface area (Å²) in [7, 11) is 0. The Labute approximate surface area is 92.2 Å². The van der Waals surface area contributed by atoms with Crippen molar-refractivity contribution in [3.8, 4) is 0 Å². The largest absolute Gasteiger partial charge is 0.480 e. The highest BCUT2D eigenvalue weighted by Crippen LogP contribution is 2.10. The molecule has 2 amide bonds. The van der Waals surface area contributed by atoms with E-state index >= 15 is 0 Å². The first-order chi connectivity index (χ1) is 7.49. The van der Waals surface area contributed by atoms with Gasteiger partial charge in [0, 0.05) is 5.69 Å². The molecule has 1 aromatic rings. The van der Waals surface area contributed by atoms with Crippen LogP contribution in [0.5, 0.6) is 0 Å². The van der Waals surface area contributed by atoms with Crippen LogP contribution in [0, 0.1) is 0 Å². The number of carboxylic acids is 1. The maximum atomic E-state index is 10.5. The molecule has 0 aliphatic carbocycles. The Hall–Kier alpha value is -2.08. The summed E-state index contributed by atoms with van der Waals surface area (Å²) < 4.78 is 0. The molecule has 0 saturated carbocycles. The van der Waals surface area contributed by atoms with Crippen LogP contribution in [0.2, 0.25) is 0 Å². The fourth-order valence-corrected chi connectivity index (χ4v) is 1.21. The minimum absolute atomic E-state index is 0.242. The quantitative estimate of drug-likeness (QED) is 0.580. The van der Waals surface area contributed by atoms with Gasteiger partial charge in [0.25, 0.3) is 0 Å². The van der Waals surface area contributed by atoms with Gasteiger partial charge in [-0.05, 0) is 24.1 Å². The summed E-state index contributed by atoms with van der Waals surface area (Å²) >= 11 is 0. The number of nitrogens with two attached hydrogens (primary N) is 2. The summed E-state index contributed by atoms with van der Waals surface area (Å²) in [6.07, 6.45) is 0.242. The molecule has 0 bridgehead atoms. The van der Waals surface area contributed by atoms with E-state index < -0.39 is 18.0 Å². The van der Waals surface area contributed by atoms with E-state index in [1.165, 1.54) is 0 Å². The van der Waals surface area contributed by atoms with Crippen LogP contribution in [0.15, 0.2) is 24.3 Å². The Morgan fingerprint density at radius 3 is 2.31 bits per heavy atom. The van der Waals surface area contributed by atoms with Gasteiger partial charge in [-0.3, -0.25) is 4.79 Å². The molecular formula is C10H13N3O3. The van der Waals surface area contributed by atoms with Gasteiger partial charge in [-0.2, -0.15) is 0 Å². The molecular weight excluding hydrogens is 210 g/mol. The predicted molar refractivity (Wildman–Crippen MR) is 59.0 cm³/mol. The minimum atomic E-state index is -1.04. The van der Waals surface area contributed by atoms with E-state index in [0.29, 0.717) is 5.69 Å². The van der Waals surface area contributed by atoms with Gasteiger partial charge >= 0.3 is 12.0 Å². The van der Waals surface area contributed by atoms with Crippen LogP contribution in [0.25, 0.3) is 0 Å². The molecule has 6 heteroatoms. The van der Waals surface area contributed by atoms with E-state index in [2.05, 4.69) is 5.32 Å². The molecule has 6 N–H and O–H groups in total. The Morgan fingerprint density at radius 2 is 1.88 bits per heavy atom. The van der Waals surface area contributed by atoms with Gasteiger partial charge in [0.2, 0.25) is 0 Å². The van der Waals surface area contributed by atoms with Crippen molar-refractivity contribution in [3.05, 3.63) is 29.8 Å². The van der Waals surface area contributed by atoms with E-state index in [4.69, 9.17) is 16.6 Å². The standard InChI is InChI=1S/C10H13N3O3/c11-8(9(14)15)5-6-1-3-7(4-2-6)13-10(12)16/h1-4,8H,5,11H2,(H,14,15)(H3,12,13,16)/t8-/m0/s1. The summed E-state index contributed by atoms with van der Waals surface area (Å²) in [6, 6.07) is 5.08. The SMILES string of the molecule is NC(=O)Nc1ccc(C[C@H](N)C(=O)O)cc1. The molecule has 0 aliphatic rings. The lowest BCUT2D eigenvalue weighted by Crippen LogP contribution is -2.32. The molecule has 0 saturated heterocycles. The van der Waals surface area contributed by atoms with Crippen LogP contribution in [-0.2, 0) is 11.2 Å². The first kappa shape index (κ1) is 12.0. The number of carboxylic acid groups (broad SMARTS) is 1. The van der Waals surface area contributed by atoms with Gasteiger partial charge in [-0.15, -0.1) is 0 Å². The molecule has 0 unspecified atom stereocenters. The normalized spacial score (nSPS) is 11.8. The zero-order valence-corrected chi connectivity index (χ0v) is 8.51. The first-order valence-electron chi connectivity index (χ1n) is 4.63. The summed E-state index contributed by atoms with van der Waals surface area (Å²) in [5.74, 6) is -1.04. The molecule has 16 heavy (non-hydrogen) atoms. The summed E-state index contributed by atoms with van der Waals surface area (Å²) in [6.45, 7) is 0. The van der Waals surface area contributed by atoms with E-state index in [0.717, 1.165) is 5.56 Å². The number of carbonyl (C=O) groups is 2. The highest BCUT2D eigenvalue weighted by Gasteiger charge is 2.11. The van der Waals surface area contributed by atoms with Gasteiger partial charge in [-0.1, -0.05) is 12.1 Å². The number of aliphatic carboxylic acids is 1. The van der Waals surface area contributed by atoms with E-state index in [-0.39, 0.29) is 6.42 Å². The molecule has 1 atom stereocenters. The van der Waals surface area contributed by atoms with Crippen molar-refractivity contribution in [1.29, 1.82) is 0 Å². The average Bonchev–Trinajstić information content (AvgIpc) is 2.20. The lowest BCUT2D eigenvalue weighted by Gasteiger charge is -2.07. The molecule has 0 radical (unpaired) electrons. The summed E-state index contributed by atoms with van der Waals surface area (Å²) in [5, 5.41) is 11.0. The second-order valence-corrected chi connectivity index (χ2v) is 3.34. The van der Waals surface area contributed by atoms with Crippen LogP contribution in [-0.4, -0.2) is 23.1 Å². The average molecular weight is 223 g/mol. The van der Waals surface area contributed by atoms with E-state index in [1.54, 1.807) is 24.3 Å². The number of benzene rings is 1. The molecule has 0 fully saturated rings. The second-order valence-electron chi connectivity index (χ2n) is 3.34. The fourth-order valence-electron chi connectivity index (χ4n) is 1.21. The maximum Gasteiger partial charge on any atom is 0.320 e. The zero-order valence-electron chi connectivity index (χ0n) is 8.51. The van der Waals surface area contributed by atoms with Crippen molar-refractivity contribution >= 4 is 17.7 Å². The Kier molecular flexibility index (Phi) is 3.84. The van der Waals surface area contributed by atoms with Crippen LogP contribution in [0.3, 0.4) is 0 Å². The zero-order chi connectivity index (χ0) is 12.1. The monoisotopic (exact) mass is 223 g/mol. The van der Waals surface area contributed by atoms with Crippen molar-refractivity contribution < 1.29 is 14.7 Å². The number of anilines is 1. The van der Waals surface area contributed by atoms with Gasteiger partial charge in [0.1, 0.15) is 6.04 Å². The molecule has 0 aromatic heterocycles. The highest BCUT2D eigenvalue weighted by atomic mass is 16.4. The fraction of sp³-hybridized carbons (Fsp3) is 0.200. The molecule has 0 aliphatic heterocycles. The topological polar surface area (TPSA) is 118 Å². The van der Waals surface area contributed by atoms with E-state index in [1.807, 2.05) is 0 Å². The van der Waals surface area contributed by atoms with Gasteiger partial charge in [-0.25, -0.2) is 4.79 Å². The molecule has 0 spiro atoms. The van der Waals surface area contributed by atoms with E-state index in [9.17, 15) is 9.59 Å². The van der Waals surface area contributed by atoms with Crippen molar-refractivity contribution in [3.63, 3.8) is 0 Å². The third-order valence-electron chi connectivity index (χ3n) is 1.99. The third kappa shape index (κ3) is 3.58. The lowest BCUT2D eigenvalue weighted by atomic mass is 10.1. The van der Waals surface area contributed by atoms with Crippen molar-refractivity contribution in [2.75, 3.05) is 5.32 Å². The van der Waals surface area contributed by atoms with Crippen molar-refractivity contribution in [1.82, 2.24) is 0 Å². The van der Waals surface area contributed by atoms with Crippen molar-refractivity contribution in [2.24, 2.45) is 11.5 Å². The number of nitrogens with one attached hydrogen (secondary N) is 1. The summed E-state index contributed by atoms with van der Waals surface area (Å²) in [5.41, 5.74) is 11.7. The van der Waals surface area contributed by atoms with Crippen molar-refractivity contribution in [2.45, 2.75) is 12.5 Å². The number of amides is 2. The number of carbonyl (C=O) groups excluding carboxylic acids is 1. The number of rotatable bonds is 4. The molecule has 0 heterocycles. The van der Waals surface area contributed by atoms with Crippen LogP contribution >= 0.6 is 0 Å². The maximum absolute atomic E-state index is 10.5. The second kappa shape index (κ2) is 5.13. The van der Waals surface area contributed by atoms with Crippen LogP contribution < -0.4 is 16.8 Å². The lowest BCUT2D eigenvalue weighted by molar-refractivity contribution is -0.138. The molecule has 1 aromatic carbocycles. The Balaban J connectivity index is 2.64. The molecule has 86 valence electrons. The number of hydrogen-bond donors (Lipinski definition) is 4. The van der Waals surface area contributed by atoms with Crippen LogP contribution in [0.1, 0.15) is 5.56 Å². The molecule has 6 nitrogen and oxygen atoms in total. The Morgan fingerprint density at radius 1 is 1.31 bits per heavy atom. The number of urea groups is 1. The first-order valence-corrected chi connectivity index (χ1v) is 4.63. The Bertz CT molecular complexity index is 389. The number of hydrogen-bond acceptors (Lipinski definition) is 3.